The van der Waals surface area contributed by atoms with Crippen LogP contribution >= 0.6 is 0 Å². The number of likely N-dealkylation sites (N-methyl/N-ethyl adjacent to an activating group) is 1. The monoisotopic (exact) mass is 490 g/mol. The summed E-state index contributed by atoms with van der Waals surface area (Å²) in [6, 6.07) is 10.3. The first-order chi connectivity index (χ1) is 17.3. The Morgan fingerprint density at radius 3 is 2.56 bits per heavy atom. The van der Waals surface area contributed by atoms with Crippen molar-refractivity contribution in [2.45, 2.75) is 26.4 Å². The van der Waals surface area contributed by atoms with Crippen molar-refractivity contribution in [3.63, 3.8) is 0 Å². The van der Waals surface area contributed by atoms with Gasteiger partial charge >= 0.3 is 0 Å². The standard InChI is InChI=1S/C25H30N8O3/c1-6-13-31-24(35)20-16-26-25(27-18-7-9-19(10-8-18)36-15-14-30(4)5)28-23(20)33(31)21-11-12-22(34)32(29-21)17(2)3/h6-12,16-17H,1,13-15H2,2-5H3,(H,26,27,28). The SMILES string of the molecule is C=CCn1c(=O)c2cnc(Nc3ccc(OCCN(C)C)cc3)nc2n1-c1ccc(=O)n(C(C)C)n1. The maximum absolute atomic E-state index is 13.1. The molecule has 0 fully saturated rings. The van der Waals surface area contributed by atoms with Crippen molar-refractivity contribution < 1.29 is 4.74 Å². The molecule has 0 aliphatic heterocycles. The number of nitrogens with one attached hydrogen (secondary N) is 1. The Morgan fingerprint density at radius 2 is 1.89 bits per heavy atom. The fraction of sp³-hybridized carbons (Fsp3) is 0.320. The maximum atomic E-state index is 13.1. The topological polar surface area (TPSA) is 112 Å². The van der Waals surface area contributed by atoms with Crippen LogP contribution in [0.4, 0.5) is 11.6 Å². The molecule has 0 unspecified atom stereocenters. The zero-order valence-corrected chi connectivity index (χ0v) is 20.9. The van der Waals surface area contributed by atoms with Crippen LogP contribution in [0.3, 0.4) is 0 Å². The second-order valence-corrected chi connectivity index (χ2v) is 8.79. The van der Waals surface area contributed by atoms with Gasteiger partial charge in [0.1, 0.15) is 17.7 Å². The maximum Gasteiger partial charge on any atom is 0.278 e. The van der Waals surface area contributed by atoms with Crippen molar-refractivity contribution in [3.05, 3.63) is 76.0 Å². The van der Waals surface area contributed by atoms with Crippen molar-refractivity contribution in [2.75, 3.05) is 32.6 Å². The third-order valence-electron chi connectivity index (χ3n) is 5.41. The third-order valence-corrected chi connectivity index (χ3v) is 5.41. The second-order valence-electron chi connectivity index (χ2n) is 8.79. The van der Waals surface area contributed by atoms with Gasteiger partial charge in [0.25, 0.3) is 11.1 Å². The molecule has 4 rings (SSSR count). The highest BCUT2D eigenvalue weighted by Crippen LogP contribution is 2.20. The summed E-state index contributed by atoms with van der Waals surface area (Å²) in [6.45, 7) is 9.14. The highest BCUT2D eigenvalue weighted by atomic mass is 16.5. The van der Waals surface area contributed by atoms with E-state index in [-0.39, 0.29) is 23.7 Å². The van der Waals surface area contributed by atoms with Gasteiger partial charge in [-0.05, 0) is 58.3 Å². The highest BCUT2D eigenvalue weighted by Gasteiger charge is 2.19. The Kier molecular flexibility index (Phi) is 7.30. The lowest BCUT2D eigenvalue weighted by Crippen LogP contribution is -2.28. The molecular weight excluding hydrogens is 460 g/mol. The van der Waals surface area contributed by atoms with E-state index in [4.69, 9.17) is 4.74 Å². The molecule has 0 amide bonds. The minimum Gasteiger partial charge on any atom is -0.492 e. The average molecular weight is 491 g/mol. The van der Waals surface area contributed by atoms with Gasteiger partial charge in [-0.3, -0.25) is 9.59 Å². The molecule has 0 saturated heterocycles. The first-order valence-electron chi connectivity index (χ1n) is 11.6. The predicted molar refractivity (Wildman–Crippen MR) is 140 cm³/mol. The zero-order chi connectivity index (χ0) is 25.8. The molecule has 0 aliphatic carbocycles. The van der Waals surface area contributed by atoms with Gasteiger partial charge in [-0.25, -0.2) is 19.0 Å². The molecule has 11 heteroatoms. The van der Waals surface area contributed by atoms with Crippen LogP contribution in [0.2, 0.25) is 0 Å². The number of hydrogen-bond acceptors (Lipinski definition) is 8. The Bertz CT molecular complexity index is 1480. The van der Waals surface area contributed by atoms with Crippen LogP contribution in [0, 0.1) is 0 Å². The van der Waals surface area contributed by atoms with E-state index >= 15 is 0 Å². The van der Waals surface area contributed by atoms with Crippen LogP contribution in [0.1, 0.15) is 19.9 Å². The predicted octanol–water partition coefficient (Wildman–Crippen LogP) is 2.59. The number of allylic oxidation sites excluding steroid dienone is 1. The lowest BCUT2D eigenvalue weighted by molar-refractivity contribution is 0.261. The number of nitrogens with zero attached hydrogens (tertiary/aromatic N) is 7. The molecule has 188 valence electrons. The number of benzene rings is 1. The number of ether oxygens (including phenoxy) is 1. The van der Waals surface area contributed by atoms with Gasteiger partial charge in [-0.2, -0.15) is 4.98 Å². The molecule has 11 nitrogen and oxygen atoms in total. The summed E-state index contributed by atoms with van der Waals surface area (Å²) in [6.07, 6.45) is 3.10. The molecular formula is C25H30N8O3. The first kappa shape index (κ1) is 24.9. The Balaban J connectivity index is 1.71. The van der Waals surface area contributed by atoms with Gasteiger partial charge in [-0.15, -0.1) is 11.7 Å². The largest absolute Gasteiger partial charge is 0.492 e. The van der Waals surface area contributed by atoms with Crippen LogP contribution in [0.25, 0.3) is 16.9 Å². The highest BCUT2D eigenvalue weighted by molar-refractivity contribution is 5.77. The van der Waals surface area contributed by atoms with Gasteiger partial charge in [0, 0.05) is 24.5 Å². The van der Waals surface area contributed by atoms with E-state index in [1.54, 1.807) is 16.8 Å². The van der Waals surface area contributed by atoms with E-state index in [2.05, 4.69) is 31.9 Å². The molecule has 0 spiro atoms. The first-order valence-corrected chi connectivity index (χ1v) is 11.6. The van der Waals surface area contributed by atoms with Crippen molar-refractivity contribution in [1.29, 1.82) is 0 Å². The molecule has 0 bridgehead atoms. The van der Waals surface area contributed by atoms with Crippen LogP contribution < -0.4 is 21.2 Å². The van der Waals surface area contributed by atoms with Gasteiger partial charge in [-0.1, -0.05) is 6.08 Å². The number of aromatic nitrogens is 6. The normalized spacial score (nSPS) is 11.4. The average Bonchev–Trinajstić information content (AvgIpc) is 3.11. The summed E-state index contributed by atoms with van der Waals surface area (Å²) in [5.74, 6) is 1.46. The molecule has 36 heavy (non-hydrogen) atoms. The molecule has 4 aromatic rings. The van der Waals surface area contributed by atoms with E-state index < -0.39 is 0 Å². The Hall–Kier alpha value is -4.25. The van der Waals surface area contributed by atoms with Crippen LogP contribution in [-0.2, 0) is 6.54 Å². The molecule has 3 heterocycles. The Labute approximate surface area is 208 Å². The minimum atomic E-state index is -0.278. The summed E-state index contributed by atoms with van der Waals surface area (Å²) in [4.78, 5) is 36.4. The third kappa shape index (κ3) is 5.20. The summed E-state index contributed by atoms with van der Waals surface area (Å²) in [7, 11) is 3.99. The lowest BCUT2D eigenvalue weighted by atomic mass is 10.3. The molecule has 0 aliphatic rings. The Morgan fingerprint density at radius 1 is 1.14 bits per heavy atom. The van der Waals surface area contributed by atoms with Crippen molar-refractivity contribution in [2.24, 2.45) is 0 Å². The van der Waals surface area contributed by atoms with E-state index in [9.17, 15) is 9.59 Å². The molecule has 1 N–H and O–H groups in total. The number of fused-ring (bicyclic) bond motifs is 1. The summed E-state index contributed by atoms with van der Waals surface area (Å²) < 4.78 is 10.2. The van der Waals surface area contributed by atoms with Gasteiger partial charge < -0.3 is 15.0 Å². The van der Waals surface area contributed by atoms with E-state index in [0.29, 0.717) is 29.4 Å². The molecule has 0 radical (unpaired) electrons. The van der Waals surface area contributed by atoms with Crippen molar-refractivity contribution >= 4 is 22.7 Å². The van der Waals surface area contributed by atoms with Gasteiger partial charge in [0.2, 0.25) is 5.95 Å². The van der Waals surface area contributed by atoms with Crippen molar-refractivity contribution in [1.82, 2.24) is 34.0 Å². The summed E-state index contributed by atoms with van der Waals surface area (Å²) in [5, 5.41) is 7.98. The minimum absolute atomic E-state index is 0.152. The smallest absolute Gasteiger partial charge is 0.278 e. The zero-order valence-electron chi connectivity index (χ0n) is 20.9. The van der Waals surface area contributed by atoms with E-state index in [1.165, 1.54) is 21.6 Å². The fourth-order valence-electron chi connectivity index (χ4n) is 3.62. The molecule has 0 atom stereocenters. The number of hydrogen-bond donors (Lipinski definition) is 1. The summed E-state index contributed by atoms with van der Waals surface area (Å²) >= 11 is 0. The quantitative estimate of drug-likeness (QED) is 0.338. The van der Waals surface area contributed by atoms with Gasteiger partial charge in [0.05, 0.1) is 12.6 Å². The molecule has 1 aromatic carbocycles. The van der Waals surface area contributed by atoms with Crippen molar-refractivity contribution in [3.8, 4) is 11.6 Å². The number of rotatable bonds is 10. The summed E-state index contributed by atoms with van der Waals surface area (Å²) in [5.41, 5.74) is 0.624. The van der Waals surface area contributed by atoms with E-state index in [1.807, 2.05) is 52.2 Å². The number of anilines is 2. The van der Waals surface area contributed by atoms with Crippen LogP contribution in [0.15, 0.2) is 64.8 Å². The van der Waals surface area contributed by atoms with E-state index in [0.717, 1.165) is 18.0 Å². The van der Waals surface area contributed by atoms with Crippen LogP contribution in [0.5, 0.6) is 5.75 Å². The fourth-order valence-corrected chi connectivity index (χ4v) is 3.62. The van der Waals surface area contributed by atoms with Gasteiger partial charge in [0.15, 0.2) is 11.5 Å². The lowest BCUT2D eigenvalue weighted by Gasteiger charge is -2.14. The van der Waals surface area contributed by atoms with Crippen LogP contribution in [-0.4, -0.2) is 61.3 Å². The molecule has 3 aromatic heterocycles. The molecule has 0 saturated carbocycles. The second kappa shape index (κ2) is 10.6.